The maximum absolute atomic E-state index is 2.44. The van der Waals surface area contributed by atoms with Gasteiger partial charge in [-0.05, 0) is 91.5 Å². The van der Waals surface area contributed by atoms with Crippen molar-refractivity contribution in [2.24, 2.45) is 0 Å². The number of aromatic nitrogens is 2. The Kier molecular flexibility index (Phi) is 11.8. The minimum Gasteiger partial charge on any atom is -0.201 e. The van der Waals surface area contributed by atoms with E-state index in [-0.39, 0.29) is 23.7 Å². The first-order chi connectivity index (χ1) is 27.9. The lowest BCUT2D eigenvalue weighted by Crippen LogP contribution is -2.32. The lowest BCUT2D eigenvalue weighted by molar-refractivity contribution is -0.596. The highest BCUT2D eigenvalue weighted by atomic mass is 15.1. The van der Waals surface area contributed by atoms with Gasteiger partial charge in [0.1, 0.15) is 23.8 Å². The van der Waals surface area contributed by atoms with Crippen molar-refractivity contribution in [3.8, 4) is 11.4 Å². The van der Waals surface area contributed by atoms with Crippen molar-refractivity contribution in [2.75, 3.05) is 0 Å². The van der Waals surface area contributed by atoms with Crippen molar-refractivity contribution in [3.63, 3.8) is 0 Å². The summed E-state index contributed by atoms with van der Waals surface area (Å²) >= 11 is 0. The van der Waals surface area contributed by atoms with E-state index in [0.717, 1.165) is 0 Å². The number of nitrogens with zero attached hydrogens (tertiary/aromatic N) is 2. The van der Waals surface area contributed by atoms with Gasteiger partial charge in [0.15, 0.2) is 0 Å². The quantitative estimate of drug-likeness (QED) is 0.122. The van der Waals surface area contributed by atoms with Crippen molar-refractivity contribution < 1.29 is 4.57 Å². The van der Waals surface area contributed by atoms with Crippen LogP contribution in [0, 0.1) is 69.2 Å². The molecule has 4 atom stereocenters. The van der Waals surface area contributed by atoms with E-state index >= 15 is 0 Å². The maximum atomic E-state index is 2.44. The van der Waals surface area contributed by atoms with Crippen LogP contribution >= 0.6 is 0 Å². The van der Waals surface area contributed by atoms with Gasteiger partial charge < -0.3 is 0 Å². The number of hydrogen-bond donors (Lipinski definition) is 0. The van der Waals surface area contributed by atoms with Crippen LogP contribution in [0.5, 0.6) is 0 Å². The molecule has 0 saturated carbocycles. The van der Waals surface area contributed by atoms with E-state index in [1.807, 2.05) is 0 Å². The third kappa shape index (κ3) is 8.79. The Morgan fingerprint density at radius 3 is 0.898 bits per heavy atom. The van der Waals surface area contributed by atoms with Crippen molar-refractivity contribution in [1.82, 2.24) is 4.57 Å². The Balaban J connectivity index is 1.50. The number of imidazole rings is 1. The zero-order chi connectivity index (χ0) is 42.4. The molecule has 7 aromatic rings. The van der Waals surface area contributed by atoms with Gasteiger partial charge in [0.2, 0.25) is 0 Å². The SMILES string of the molecule is Cc1cc(C)cc([C@@H](C)c2cc(C)cc([C@H](C)c3cc(C)cc(C)c3)c2-n2cc[n+](-c3c([C@H](C)c4cc(C)cc(C)c4)cc(C)cc3[C@H](C)c3cc(C)cc(C)c3)c2)c1. The van der Waals surface area contributed by atoms with Crippen molar-refractivity contribution >= 4 is 0 Å². The zero-order valence-corrected chi connectivity index (χ0v) is 38.2. The van der Waals surface area contributed by atoms with Gasteiger partial charge in [-0.15, -0.1) is 0 Å². The monoisotopic (exact) mass is 778 g/mol. The van der Waals surface area contributed by atoms with Crippen molar-refractivity contribution in [3.05, 3.63) is 216 Å². The highest BCUT2D eigenvalue weighted by Crippen LogP contribution is 2.40. The van der Waals surface area contributed by atoms with Crippen molar-refractivity contribution in [1.29, 1.82) is 0 Å². The second-order valence-corrected chi connectivity index (χ2v) is 18.4. The number of hydrogen-bond acceptors (Lipinski definition) is 0. The topological polar surface area (TPSA) is 8.81 Å². The van der Waals surface area contributed by atoms with Gasteiger partial charge in [0.05, 0.1) is 0 Å². The van der Waals surface area contributed by atoms with Crippen LogP contribution in [0.2, 0.25) is 0 Å². The molecule has 2 heteroatoms. The normalized spacial score (nSPS) is 13.7. The smallest absolute Gasteiger partial charge is 0.201 e. The predicted molar refractivity (Wildman–Crippen MR) is 251 cm³/mol. The van der Waals surface area contributed by atoms with E-state index in [4.69, 9.17) is 0 Å². The largest absolute Gasteiger partial charge is 0.254 e. The molecule has 0 N–H and O–H groups in total. The summed E-state index contributed by atoms with van der Waals surface area (Å²) in [6.45, 7) is 31.9. The summed E-state index contributed by atoms with van der Waals surface area (Å²) in [4.78, 5) is 0. The highest BCUT2D eigenvalue weighted by molar-refractivity contribution is 5.59. The van der Waals surface area contributed by atoms with Crippen LogP contribution < -0.4 is 4.57 Å². The standard InChI is InChI=1S/C57H65N2/c1-34-17-35(2)22-48(21-34)44(11)52-29-42(9)30-53(45(12)49-23-36(3)18-37(4)24-49)56(52)58-15-16-59(33-58)57-54(46(13)50-25-38(5)19-39(6)26-50)31-43(10)32-55(57)47(14)51-27-40(7)20-41(8)28-51/h15-33,44-47H,1-14H3/q+1/t44-,45-,46-,47-/m1/s1. The van der Waals surface area contributed by atoms with Crippen LogP contribution in [0.15, 0.2) is 116 Å². The van der Waals surface area contributed by atoms with Gasteiger partial charge >= 0.3 is 0 Å². The van der Waals surface area contributed by atoms with E-state index in [1.54, 1.807) is 0 Å². The molecule has 2 nitrogen and oxygen atoms in total. The third-order valence-corrected chi connectivity index (χ3v) is 12.6. The summed E-state index contributed by atoms with van der Waals surface area (Å²) in [5, 5.41) is 0. The zero-order valence-electron chi connectivity index (χ0n) is 38.2. The summed E-state index contributed by atoms with van der Waals surface area (Å²) < 4.78 is 4.86. The van der Waals surface area contributed by atoms with E-state index in [2.05, 4.69) is 222 Å². The molecule has 59 heavy (non-hydrogen) atoms. The lowest BCUT2D eigenvalue weighted by atomic mass is 9.83. The molecule has 0 spiro atoms. The molecular formula is C57H65N2+. The molecule has 0 fully saturated rings. The predicted octanol–water partition coefficient (Wildman–Crippen LogP) is 14.4. The second kappa shape index (κ2) is 16.6. The second-order valence-electron chi connectivity index (χ2n) is 18.4. The molecule has 0 unspecified atom stereocenters. The van der Waals surface area contributed by atoms with Crippen LogP contribution in [0.3, 0.4) is 0 Å². The molecule has 0 aliphatic rings. The fourth-order valence-electron chi connectivity index (χ4n) is 9.96. The first-order valence-corrected chi connectivity index (χ1v) is 21.7. The molecule has 302 valence electrons. The van der Waals surface area contributed by atoms with Gasteiger partial charge in [-0.2, -0.15) is 0 Å². The van der Waals surface area contributed by atoms with E-state index in [1.165, 1.54) is 112 Å². The molecule has 7 rings (SSSR count). The fraction of sp³-hybridized carbons (Fsp3) is 0.316. The van der Waals surface area contributed by atoms with Crippen LogP contribution in [-0.4, -0.2) is 4.57 Å². The summed E-state index contributed by atoms with van der Waals surface area (Å²) in [6, 6.07) is 37.9. The maximum Gasteiger partial charge on any atom is 0.254 e. The Bertz CT molecular complexity index is 2260. The summed E-state index contributed by atoms with van der Waals surface area (Å²) in [6.07, 6.45) is 6.97. The van der Waals surface area contributed by atoms with Crippen molar-refractivity contribution in [2.45, 2.75) is 121 Å². The molecule has 0 radical (unpaired) electrons. The Morgan fingerprint density at radius 2 is 0.593 bits per heavy atom. The Morgan fingerprint density at radius 1 is 0.339 bits per heavy atom. The van der Waals surface area contributed by atoms with Crippen LogP contribution in [0.25, 0.3) is 11.4 Å². The van der Waals surface area contributed by atoms with Gasteiger partial charge in [-0.3, -0.25) is 0 Å². The first kappa shape index (κ1) is 41.7. The highest BCUT2D eigenvalue weighted by Gasteiger charge is 2.30. The molecule has 1 heterocycles. The molecule has 6 aromatic carbocycles. The minimum atomic E-state index is 0.184. The number of rotatable bonds is 10. The molecular weight excluding hydrogens is 713 g/mol. The summed E-state index contributed by atoms with van der Waals surface area (Å²) in [5.74, 6) is 0.738. The average Bonchev–Trinajstić information content (AvgIpc) is 3.64. The van der Waals surface area contributed by atoms with Gasteiger partial charge in [-0.1, -0.05) is 180 Å². The molecule has 0 amide bonds. The lowest BCUT2D eigenvalue weighted by Gasteiger charge is -2.24. The molecule has 0 bridgehead atoms. The van der Waals surface area contributed by atoms with E-state index < -0.39 is 0 Å². The van der Waals surface area contributed by atoms with Crippen LogP contribution in [-0.2, 0) is 0 Å². The van der Waals surface area contributed by atoms with Gasteiger partial charge in [-0.25, -0.2) is 9.13 Å². The molecule has 0 aliphatic heterocycles. The Labute approximate surface area is 355 Å². The number of aryl methyl sites for hydroxylation is 10. The molecule has 0 saturated heterocycles. The molecule has 0 aliphatic carbocycles. The van der Waals surface area contributed by atoms with Crippen LogP contribution in [0.1, 0.15) is 152 Å². The summed E-state index contributed by atoms with van der Waals surface area (Å²) in [5.41, 5.74) is 26.4. The van der Waals surface area contributed by atoms with Gasteiger partial charge in [0, 0.05) is 45.9 Å². The van der Waals surface area contributed by atoms with Crippen LogP contribution in [0.4, 0.5) is 0 Å². The molecule has 1 aromatic heterocycles. The van der Waals surface area contributed by atoms with E-state index in [9.17, 15) is 0 Å². The van der Waals surface area contributed by atoms with E-state index in [0.29, 0.717) is 0 Å². The fourth-order valence-corrected chi connectivity index (χ4v) is 9.96. The number of benzene rings is 6. The third-order valence-electron chi connectivity index (χ3n) is 12.6. The minimum absolute atomic E-state index is 0.184. The Hall–Kier alpha value is -5.47. The summed E-state index contributed by atoms with van der Waals surface area (Å²) in [7, 11) is 0. The first-order valence-electron chi connectivity index (χ1n) is 21.7. The van der Waals surface area contributed by atoms with Gasteiger partial charge in [0.25, 0.3) is 6.33 Å². The average molecular weight is 778 g/mol.